The summed E-state index contributed by atoms with van der Waals surface area (Å²) in [4.78, 5) is 18.6. The fourth-order valence-electron chi connectivity index (χ4n) is 2.81. The van der Waals surface area contributed by atoms with E-state index in [-0.39, 0.29) is 18.0 Å². The Labute approximate surface area is 118 Å². The third-order valence-electron chi connectivity index (χ3n) is 3.95. The molecule has 106 valence electrons. The van der Waals surface area contributed by atoms with Gasteiger partial charge in [-0.3, -0.25) is 9.48 Å². The van der Waals surface area contributed by atoms with Gasteiger partial charge in [0.2, 0.25) is 5.91 Å². The summed E-state index contributed by atoms with van der Waals surface area (Å²) >= 11 is 0. The maximum atomic E-state index is 12.6. The van der Waals surface area contributed by atoms with E-state index in [4.69, 9.17) is 0 Å². The first-order valence-corrected chi connectivity index (χ1v) is 7.01. The van der Waals surface area contributed by atoms with Crippen LogP contribution >= 0.6 is 0 Å². The molecular formula is C14H19N5O. The van der Waals surface area contributed by atoms with E-state index in [0.717, 1.165) is 25.9 Å². The van der Waals surface area contributed by atoms with Gasteiger partial charge in [0.25, 0.3) is 0 Å². The number of hydrogen-bond acceptors (Lipinski definition) is 3. The normalized spacial score (nSPS) is 20.2. The molecule has 0 aromatic carbocycles. The third kappa shape index (κ3) is 2.45. The van der Waals surface area contributed by atoms with Crippen LogP contribution in [0.25, 0.3) is 0 Å². The van der Waals surface area contributed by atoms with Gasteiger partial charge in [-0.2, -0.15) is 5.10 Å². The van der Waals surface area contributed by atoms with Crippen molar-refractivity contribution in [1.82, 2.24) is 24.2 Å². The first kappa shape index (κ1) is 12.9. The van der Waals surface area contributed by atoms with E-state index in [0.29, 0.717) is 0 Å². The van der Waals surface area contributed by atoms with Crippen LogP contribution in [0.15, 0.2) is 37.2 Å². The topological polar surface area (TPSA) is 56.0 Å². The van der Waals surface area contributed by atoms with Crippen LogP contribution in [0.2, 0.25) is 0 Å². The van der Waals surface area contributed by atoms with Crippen LogP contribution in [0.5, 0.6) is 0 Å². The highest BCUT2D eigenvalue weighted by molar-refractivity contribution is 5.80. The van der Waals surface area contributed by atoms with Crippen molar-refractivity contribution in [1.29, 1.82) is 0 Å². The van der Waals surface area contributed by atoms with Gasteiger partial charge in [-0.15, -0.1) is 0 Å². The van der Waals surface area contributed by atoms with Crippen LogP contribution in [-0.2, 0) is 11.3 Å². The average Bonchev–Trinajstić information content (AvgIpc) is 3.20. The molecular weight excluding hydrogens is 254 g/mol. The molecule has 0 spiro atoms. The molecule has 1 fully saturated rings. The smallest absolute Gasteiger partial charge is 0.245 e. The van der Waals surface area contributed by atoms with Crippen LogP contribution in [-0.4, -0.2) is 42.7 Å². The van der Waals surface area contributed by atoms with Crippen molar-refractivity contribution in [3.05, 3.63) is 37.2 Å². The lowest BCUT2D eigenvalue weighted by atomic mass is 10.2. The van der Waals surface area contributed by atoms with Crippen molar-refractivity contribution >= 4 is 5.91 Å². The number of rotatable bonds is 4. The Morgan fingerprint density at radius 3 is 3.00 bits per heavy atom. The molecule has 1 aliphatic rings. The lowest BCUT2D eigenvalue weighted by Crippen LogP contribution is -2.41. The van der Waals surface area contributed by atoms with Crippen LogP contribution in [0.4, 0.5) is 0 Å². The Morgan fingerprint density at radius 2 is 2.30 bits per heavy atom. The van der Waals surface area contributed by atoms with Crippen LogP contribution in [0, 0.1) is 0 Å². The standard InChI is InChI=1S/C14H19N5O/c1-12(17-9-6-15-11-17)14(20)19-8-2-4-13(19)10-18-7-3-5-16-18/h3,5-7,9,11-13H,2,4,8,10H2,1H3/t12-,13+/m0/s1. The predicted molar refractivity (Wildman–Crippen MR) is 73.9 cm³/mol. The number of aromatic nitrogens is 4. The Morgan fingerprint density at radius 1 is 1.40 bits per heavy atom. The number of likely N-dealkylation sites (tertiary alicyclic amines) is 1. The summed E-state index contributed by atoms with van der Waals surface area (Å²) in [6.45, 7) is 3.53. The number of nitrogens with zero attached hydrogens (tertiary/aromatic N) is 5. The molecule has 3 heterocycles. The van der Waals surface area contributed by atoms with E-state index in [9.17, 15) is 4.79 Å². The highest BCUT2D eigenvalue weighted by Crippen LogP contribution is 2.22. The quantitative estimate of drug-likeness (QED) is 0.844. The van der Waals surface area contributed by atoms with Crippen LogP contribution in [0.1, 0.15) is 25.8 Å². The van der Waals surface area contributed by atoms with E-state index >= 15 is 0 Å². The summed E-state index contributed by atoms with van der Waals surface area (Å²) in [5.74, 6) is 0.164. The third-order valence-corrected chi connectivity index (χ3v) is 3.95. The molecule has 2 aromatic heterocycles. The zero-order valence-corrected chi connectivity index (χ0v) is 11.6. The minimum Gasteiger partial charge on any atom is -0.336 e. The monoisotopic (exact) mass is 273 g/mol. The molecule has 20 heavy (non-hydrogen) atoms. The van der Waals surface area contributed by atoms with Gasteiger partial charge in [-0.05, 0) is 25.8 Å². The van der Waals surface area contributed by atoms with Gasteiger partial charge >= 0.3 is 0 Å². The van der Waals surface area contributed by atoms with Crippen molar-refractivity contribution in [2.75, 3.05) is 6.54 Å². The van der Waals surface area contributed by atoms with Crippen LogP contribution < -0.4 is 0 Å². The zero-order valence-electron chi connectivity index (χ0n) is 11.6. The fraction of sp³-hybridized carbons (Fsp3) is 0.500. The minimum atomic E-state index is -0.198. The molecule has 3 rings (SSSR count). The number of hydrogen-bond donors (Lipinski definition) is 0. The maximum absolute atomic E-state index is 12.6. The van der Waals surface area contributed by atoms with Gasteiger partial charge < -0.3 is 9.47 Å². The fourth-order valence-corrected chi connectivity index (χ4v) is 2.81. The van der Waals surface area contributed by atoms with Crippen LogP contribution in [0.3, 0.4) is 0 Å². The van der Waals surface area contributed by atoms with Crippen molar-refractivity contribution in [2.24, 2.45) is 0 Å². The molecule has 6 nitrogen and oxygen atoms in total. The van der Waals surface area contributed by atoms with Gasteiger partial charge in [-0.25, -0.2) is 4.98 Å². The Bertz CT molecular complexity index is 548. The van der Waals surface area contributed by atoms with Crippen molar-refractivity contribution in [2.45, 2.75) is 38.4 Å². The van der Waals surface area contributed by atoms with Crippen molar-refractivity contribution < 1.29 is 4.79 Å². The van der Waals surface area contributed by atoms with Gasteiger partial charge in [0.1, 0.15) is 6.04 Å². The highest BCUT2D eigenvalue weighted by atomic mass is 16.2. The lowest BCUT2D eigenvalue weighted by Gasteiger charge is -2.27. The molecule has 0 bridgehead atoms. The summed E-state index contributed by atoms with van der Waals surface area (Å²) < 4.78 is 3.75. The van der Waals surface area contributed by atoms with Crippen molar-refractivity contribution in [3.63, 3.8) is 0 Å². The van der Waals surface area contributed by atoms with Gasteiger partial charge in [0.05, 0.1) is 18.9 Å². The van der Waals surface area contributed by atoms with E-state index in [2.05, 4.69) is 10.1 Å². The number of carbonyl (C=O) groups is 1. The summed E-state index contributed by atoms with van der Waals surface area (Å²) in [5.41, 5.74) is 0. The summed E-state index contributed by atoms with van der Waals surface area (Å²) in [6, 6.07) is 1.96. The lowest BCUT2D eigenvalue weighted by molar-refractivity contribution is -0.135. The first-order valence-electron chi connectivity index (χ1n) is 7.01. The Hall–Kier alpha value is -2.11. The van der Waals surface area contributed by atoms with Gasteiger partial charge in [0.15, 0.2) is 0 Å². The summed E-state index contributed by atoms with van der Waals surface area (Å²) in [5, 5.41) is 4.23. The molecule has 0 N–H and O–H groups in total. The maximum Gasteiger partial charge on any atom is 0.245 e. The summed E-state index contributed by atoms with van der Waals surface area (Å²) in [6.07, 6.45) is 11.1. The number of carbonyl (C=O) groups excluding carboxylic acids is 1. The molecule has 0 radical (unpaired) electrons. The molecule has 0 aliphatic carbocycles. The molecule has 0 saturated carbocycles. The molecule has 2 aromatic rings. The Balaban J connectivity index is 1.70. The van der Waals surface area contributed by atoms with E-state index in [1.807, 2.05) is 39.5 Å². The molecule has 1 aliphatic heterocycles. The number of amides is 1. The molecule has 2 atom stereocenters. The van der Waals surface area contributed by atoms with E-state index in [1.165, 1.54) is 0 Å². The first-order chi connectivity index (χ1) is 9.75. The minimum absolute atomic E-state index is 0.164. The molecule has 6 heteroatoms. The molecule has 0 unspecified atom stereocenters. The SMILES string of the molecule is C[C@@H](C(=O)N1CCC[C@@H]1Cn1cccn1)n1ccnc1. The second-order valence-corrected chi connectivity index (χ2v) is 5.24. The average molecular weight is 273 g/mol. The summed E-state index contributed by atoms with van der Waals surface area (Å²) in [7, 11) is 0. The van der Waals surface area contributed by atoms with E-state index < -0.39 is 0 Å². The van der Waals surface area contributed by atoms with Gasteiger partial charge in [-0.1, -0.05) is 0 Å². The zero-order chi connectivity index (χ0) is 13.9. The second kappa shape index (κ2) is 5.48. The molecule has 1 amide bonds. The van der Waals surface area contributed by atoms with E-state index in [1.54, 1.807) is 18.7 Å². The Kier molecular flexibility index (Phi) is 3.54. The number of imidazole rings is 1. The second-order valence-electron chi connectivity index (χ2n) is 5.24. The molecule has 1 saturated heterocycles. The highest BCUT2D eigenvalue weighted by Gasteiger charge is 2.32. The van der Waals surface area contributed by atoms with Crippen molar-refractivity contribution in [3.8, 4) is 0 Å². The largest absolute Gasteiger partial charge is 0.336 e. The predicted octanol–water partition coefficient (Wildman–Crippen LogP) is 1.33. The van der Waals surface area contributed by atoms with Gasteiger partial charge in [0, 0.05) is 31.3 Å².